The van der Waals surface area contributed by atoms with Crippen LogP contribution < -0.4 is 4.74 Å². The van der Waals surface area contributed by atoms with E-state index in [-0.39, 0.29) is 0 Å². The Hall–Kier alpha value is -1.55. The summed E-state index contributed by atoms with van der Waals surface area (Å²) in [6, 6.07) is 5.97. The second kappa shape index (κ2) is 4.37. The van der Waals surface area contributed by atoms with Crippen LogP contribution in [0.1, 0.15) is 18.7 Å². The van der Waals surface area contributed by atoms with Gasteiger partial charge in [-0.2, -0.15) is 0 Å². The van der Waals surface area contributed by atoms with Crippen LogP contribution in [0.4, 0.5) is 0 Å². The van der Waals surface area contributed by atoms with Gasteiger partial charge in [0.25, 0.3) is 0 Å². The monoisotopic (exact) mass is 232 g/mol. The lowest BCUT2D eigenvalue weighted by atomic mass is 10.2. The minimum atomic E-state index is 0.311. The van der Waals surface area contributed by atoms with E-state index in [4.69, 9.17) is 9.47 Å². The summed E-state index contributed by atoms with van der Waals surface area (Å²) in [6.45, 7) is 0.880. The highest BCUT2D eigenvalue weighted by molar-refractivity contribution is 5.49. The highest BCUT2D eigenvalue weighted by Crippen LogP contribution is 2.21. The minimum Gasteiger partial charge on any atom is -0.482 e. The molecule has 4 heteroatoms. The average molecular weight is 232 g/mol. The third kappa shape index (κ3) is 1.89. The Bertz CT molecular complexity index is 515. The highest BCUT2D eigenvalue weighted by atomic mass is 16.5. The molecular weight excluding hydrogens is 216 g/mol. The molecule has 1 saturated heterocycles. The molecule has 1 unspecified atom stereocenters. The fourth-order valence-electron chi connectivity index (χ4n) is 2.39. The summed E-state index contributed by atoms with van der Waals surface area (Å²) in [5.41, 5.74) is 1.07. The molecule has 0 aromatic carbocycles. The van der Waals surface area contributed by atoms with Gasteiger partial charge >= 0.3 is 0 Å². The van der Waals surface area contributed by atoms with Crippen molar-refractivity contribution < 1.29 is 9.47 Å². The van der Waals surface area contributed by atoms with Gasteiger partial charge in [-0.15, -0.1) is 0 Å². The van der Waals surface area contributed by atoms with Crippen LogP contribution in [-0.2, 0) is 11.2 Å². The predicted octanol–water partition coefficient (Wildman–Crippen LogP) is 2.06. The van der Waals surface area contributed by atoms with Crippen LogP contribution >= 0.6 is 0 Å². The lowest BCUT2D eigenvalue weighted by molar-refractivity contribution is 0.109. The van der Waals surface area contributed by atoms with Crippen LogP contribution in [-0.4, -0.2) is 29.2 Å². The van der Waals surface area contributed by atoms with Gasteiger partial charge in [0.2, 0.25) is 0 Å². The first-order chi connectivity index (χ1) is 8.38. The van der Waals surface area contributed by atoms with E-state index in [0.29, 0.717) is 6.10 Å². The van der Waals surface area contributed by atoms with Crippen LogP contribution in [0.15, 0.2) is 24.4 Å². The van der Waals surface area contributed by atoms with E-state index in [2.05, 4.69) is 9.38 Å². The molecule has 3 rings (SSSR count). The molecule has 0 N–H and O–H groups in total. The van der Waals surface area contributed by atoms with Gasteiger partial charge in [-0.25, -0.2) is 4.98 Å². The molecule has 1 aliphatic heterocycles. The van der Waals surface area contributed by atoms with E-state index in [1.54, 1.807) is 7.11 Å². The zero-order valence-electron chi connectivity index (χ0n) is 9.93. The third-order valence-electron chi connectivity index (χ3n) is 3.23. The van der Waals surface area contributed by atoms with Gasteiger partial charge in [0.1, 0.15) is 5.82 Å². The predicted molar refractivity (Wildman–Crippen MR) is 64.4 cm³/mol. The Balaban J connectivity index is 1.98. The summed E-state index contributed by atoms with van der Waals surface area (Å²) in [5, 5.41) is 0. The summed E-state index contributed by atoms with van der Waals surface area (Å²) in [7, 11) is 1.69. The molecule has 0 bridgehead atoms. The number of hydrogen-bond acceptors (Lipinski definition) is 3. The van der Waals surface area contributed by atoms with E-state index in [9.17, 15) is 0 Å². The zero-order chi connectivity index (χ0) is 11.7. The lowest BCUT2D eigenvalue weighted by Crippen LogP contribution is -2.12. The molecule has 3 heterocycles. The summed E-state index contributed by atoms with van der Waals surface area (Å²) in [5.74, 6) is 1.84. The average Bonchev–Trinajstić information content (AvgIpc) is 2.99. The van der Waals surface area contributed by atoms with Crippen molar-refractivity contribution in [3.63, 3.8) is 0 Å². The summed E-state index contributed by atoms with van der Waals surface area (Å²) in [4.78, 5) is 4.47. The molecule has 1 aliphatic rings. The number of hydrogen-bond donors (Lipinski definition) is 0. The first-order valence-corrected chi connectivity index (χ1v) is 5.99. The largest absolute Gasteiger partial charge is 0.482 e. The Labute approximate surface area is 100 Å². The number of rotatable bonds is 3. The van der Waals surface area contributed by atoms with Gasteiger partial charge in [0, 0.05) is 13.0 Å². The standard InChI is InChI=1S/C13H16N2O2/c1-16-13-6-2-4-10-9-14-12(15(10)13)8-11-5-3-7-17-11/h2,4,6,9,11H,3,5,7-8H2,1H3. The highest BCUT2D eigenvalue weighted by Gasteiger charge is 2.19. The SMILES string of the molecule is COc1cccc2cnc(CC3CCCO3)n12. The normalized spacial score (nSPS) is 19.9. The maximum Gasteiger partial charge on any atom is 0.199 e. The van der Waals surface area contributed by atoms with Gasteiger partial charge in [-0.3, -0.25) is 4.40 Å². The molecule has 2 aromatic heterocycles. The second-order valence-corrected chi connectivity index (χ2v) is 4.34. The summed E-state index contributed by atoms with van der Waals surface area (Å²) in [6.07, 6.45) is 5.33. The topological polar surface area (TPSA) is 35.8 Å². The zero-order valence-corrected chi connectivity index (χ0v) is 9.93. The molecular formula is C13H16N2O2. The number of ether oxygens (including phenoxy) is 2. The maximum atomic E-state index is 5.65. The Kier molecular flexibility index (Phi) is 2.73. The number of nitrogens with zero attached hydrogens (tertiary/aromatic N) is 2. The van der Waals surface area contributed by atoms with Gasteiger partial charge in [0.05, 0.1) is 24.9 Å². The van der Waals surface area contributed by atoms with Crippen molar-refractivity contribution in [1.29, 1.82) is 0 Å². The fraction of sp³-hybridized carbons (Fsp3) is 0.462. The second-order valence-electron chi connectivity index (χ2n) is 4.34. The third-order valence-corrected chi connectivity index (χ3v) is 3.23. The van der Waals surface area contributed by atoms with Crippen molar-refractivity contribution in [2.24, 2.45) is 0 Å². The first-order valence-electron chi connectivity index (χ1n) is 5.99. The fourth-order valence-corrected chi connectivity index (χ4v) is 2.39. The molecule has 1 fully saturated rings. The molecule has 0 amide bonds. The Morgan fingerprint density at radius 1 is 1.53 bits per heavy atom. The van der Waals surface area contributed by atoms with E-state index >= 15 is 0 Å². The molecule has 90 valence electrons. The van der Waals surface area contributed by atoms with Crippen molar-refractivity contribution in [2.75, 3.05) is 13.7 Å². The van der Waals surface area contributed by atoms with Crippen LogP contribution in [0.2, 0.25) is 0 Å². The van der Waals surface area contributed by atoms with Crippen LogP contribution in [0.25, 0.3) is 5.52 Å². The van der Waals surface area contributed by atoms with Crippen molar-refractivity contribution in [3.8, 4) is 5.88 Å². The van der Waals surface area contributed by atoms with Gasteiger partial charge in [-0.05, 0) is 25.0 Å². The molecule has 17 heavy (non-hydrogen) atoms. The molecule has 1 atom stereocenters. The van der Waals surface area contributed by atoms with Crippen molar-refractivity contribution in [2.45, 2.75) is 25.4 Å². The summed E-state index contributed by atoms with van der Waals surface area (Å²) < 4.78 is 13.1. The molecule has 4 nitrogen and oxygen atoms in total. The van der Waals surface area contributed by atoms with E-state index in [0.717, 1.165) is 43.1 Å². The first kappa shape index (κ1) is 10.6. The van der Waals surface area contributed by atoms with Gasteiger partial charge in [0.15, 0.2) is 5.88 Å². The minimum absolute atomic E-state index is 0.311. The molecule has 0 saturated carbocycles. The van der Waals surface area contributed by atoms with E-state index < -0.39 is 0 Å². The Morgan fingerprint density at radius 2 is 2.47 bits per heavy atom. The maximum absolute atomic E-state index is 5.65. The molecule has 2 aromatic rings. The van der Waals surface area contributed by atoms with Crippen LogP contribution in [0, 0.1) is 0 Å². The van der Waals surface area contributed by atoms with Crippen LogP contribution in [0.3, 0.4) is 0 Å². The van der Waals surface area contributed by atoms with Gasteiger partial charge in [-0.1, -0.05) is 6.07 Å². The number of methoxy groups -OCH3 is 1. The Morgan fingerprint density at radius 3 is 3.24 bits per heavy atom. The number of aromatic nitrogens is 2. The summed E-state index contributed by atoms with van der Waals surface area (Å²) >= 11 is 0. The van der Waals surface area contributed by atoms with E-state index in [1.165, 1.54) is 0 Å². The smallest absolute Gasteiger partial charge is 0.199 e. The van der Waals surface area contributed by atoms with Crippen LogP contribution in [0.5, 0.6) is 5.88 Å². The molecule has 0 spiro atoms. The number of pyridine rings is 1. The van der Waals surface area contributed by atoms with Crippen molar-refractivity contribution in [3.05, 3.63) is 30.2 Å². The van der Waals surface area contributed by atoms with Crippen molar-refractivity contribution in [1.82, 2.24) is 9.38 Å². The molecule has 0 radical (unpaired) electrons. The lowest BCUT2D eigenvalue weighted by Gasteiger charge is -2.10. The molecule has 0 aliphatic carbocycles. The quantitative estimate of drug-likeness (QED) is 0.812. The number of fused-ring (bicyclic) bond motifs is 1. The van der Waals surface area contributed by atoms with E-state index in [1.807, 2.05) is 24.4 Å². The van der Waals surface area contributed by atoms with Gasteiger partial charge < -0.3 is 9.47 Å². The number of imidazole rings is 1. The van der Waals surface area contributed by atoms with Crippen molar-refractivity contribution >= 4 is 5.52 Å².